The number of nitrogens with zero attached hydrogens (tertiary/aromatic N) is 2. The molecule has 1 saturated carbocycles. The minimum Gasteiger partial charge on any atom is -0.461 e. The molecule has 5 heteroatoms. The van der Waals surface area contributed by atoms with Crippen LogP contribution in [0.5, 0.6) is 0 Å². The number of anilines is 1. The molecule has 0 aromatic carbocycles. The van der Waals surface area contributed by atoms with E-state index in [0.29, 0.717) is 18.5 Å². The Labute approximate surface area is 114 Å². The Hall–Kier alpha value is -1.52. The maximum atomic E-state index is 11.9. The molecule has 0 spiro atoms. The van der Waals surface area contributed by atoms with Crippen LogP contribution < -0.4 is 5.73 Å². The van der Waals surface area contributed by atoms with Crippen molar-refractivity contribution in [1.29, 1.82) is 0 Å². The fraction of sp³-hybridized carbons (Fsp3) is 0.714. The molecular weight excluding hydrogens is 242 g/mol. The van der Waals surface area contributed by atoms with E-state index in [1.807, 2.05) is 6.92 Å². The van der Waals surface area contributed by atoms with Gasteiger partial charge in [-0.05, 0) is 19.8 Å². The van der Waals surface area contributed by atoms with E-state index in [4.69, 9.17) is 10.5 Å². The molecule has 19 heavy (non-hydrogen) atoms. The highest BCUT2D eigenvalue weighted by molar-refractivity contribution is 5.92. The second kappa shape index (κ2) is 6.08. The van der Waals surface area contributed by atoms with E-state index in [0.717, 1.165) is 25.1 Å². The number of nitrogen functional groups attached to an aromatic ring is 1. The first-order valence-corrected chi connectivity index (χ1v) is 7.22. The van der Waals surface area contributed by atoms with Gasteiger partial charge in [0.15, 0.2) is 5.69 Å². The Morgan fingerprint density at radius 1 is 1.37 bits per heavy atom. The van der Waals surface area contributed by atoms with Crippen LogP contribution in [-0.2, 0) is 11.2 Å². The molecule has 1 aromatic rings. The minimum atomic E-state index is -0.413. The molecule has 0 radical (unpaired) electrons. The minimum absolute atomic E-state index is 0.282. The summed E-state index contributed by atoms with van der Waals surface area (Å²) < 4.78 is 7.08. The summed E-state index contributed by atoms with van der Waals surface area (Å²) in [6.07, 6.45) is 6.75. The maximum Gasteiger partial charge on any atom is 0.360 e. The summed E-state index contributed by atoms with van der Waals surface area (Å²) in [7, 11) is 0. The van der Waals surface area contributed by atoms with Crippen molar-refractivity contribution in [3.05, 3.63) is 11.5 Å². The SMILES string of the molecule is CCOC(=O)c1nc(CC)n(C2CCCCC2)c1N. The van der Waals surface area contributed by atoms with Crippen molar-refractivity contribution in [2.24, 2.45) is 0 Å². The third-order valence-electron chi connectivity index (χ3n) is 3.75. The number of hydrogen-bond acceptors (Lipinski definition) is 4. The van der Waals surface area contributed by atoms with Gasteiger partial charge in [-0.15, -0.1) is 0 Å². The zero-order chi connectivity index (χ0) is 13.8. The van der Waals surface area contributed by atoms with Gasteiger partial charge in [-0.25, -0.2) is 9.78 Å². The normalized spacial score (nSPS) is 16.5. The van der Waals surface area contributed by atoms with Gasteiger partial charge in [0.05, 0.1) is 6.61 Å². The summed E-state index contributed by atoms with van der Waals surface area (Å²) in [6.45, 7) is 4.17. The maximum absolute atomic E-state index is 11.9. The molecule has 1 heterocycles. The van der Waals surface area contributed by atoms with Crippen LogP contribution in [0.3, 0.4) is 0 Å². The molecule has 0 atom stereocenters. The summed E-state index contributed by atoms with van der Waals surface area (Å²) in [5.41, 5.74) is 6.42. The van der Waals surface area contributed by atoms with E-state index in [1.54, 1.807) is 6.92 Å². The monoisotopic (exact) mass is 265 g/mol. The summed E-state index contributed by atoms with van der Waals surface area (Å²) in [6, 6.07) is 0.388. The lowest BCUT2D eigenvalue weighted by Crippen LogP contribution is -2.18. The predicted molar refractivity (Wildman–Crippen MR) is 74.1 cm³/mol. The van der Waals surface area contributed by atoms with Gasteiger partial charge >= 0.3 is 5.97 Å². The van der Waals surface area contributed by atoms with Gasteiger partial charge in [0.25, 0.3) is 0 Å². The fourth-order valence-electron chi connectivity index (χ4n) is 2.84. The lowest BCUT2D eigenvalue weighted by molar-refractivity contribution is 0.0521. The first-order chi connectivity index (χ1) is 9.19. The number of carbonyl (C=O) groups excluding carboxylic acids is 1. The summed E-state index contributed by atoms with van der Waals surface area (Å²) in [5, 5.41) is 0. The first kappa shape index (κ1) is 13.9. The standard InChI is InChI=1S/C14H23N3O2/c1-3-11-16-12(14(18)19-4-2)13(15)17(11)10-8-6-5-7-9-10/h10H,3-9,15H2,1-2H3. The summed E-state index contributed by atoms with van der Waals surface area (Å²) in [5.74, 6) is 0.957. The van der Waals surface area contributed by atoms with E-state index < -0.39 is 5.97 Å². The highest BCUT2D eigenvalue weighted by Crippen LogP contribution is 2.32. The summed E-state index contributed by atoms with van der Waals surface area (Å²) >= 11 is 0. The van der Waals surface area contributed by atoms with Crippen LogP contribution in [0.2, 0.25) is 0 Å². The van der Waals surface area contributed by atoms with Gasteiger partial charge in [0.2, 0.25) is 0 Å². The molecule has 5 nitrogen and oxygen atoms in total. The van der Waals surface area contributed by atoms with Crippen LogP contribution in [0.1, 0.15) is 68.3 Å². The van der Waals surface area contributed by atoms with Crippen molar-refractivity contribution in [3.63, 3.8) is 0 Å². The van der Waals surface area contributed by atoms with Crippen LogP contribution in [-0.4, -0.2) is 22.1 Å². The summed E-state index contributed by atoms with van der Waals surface area (Å²) in [4.78, 5) is 16.2. The van der Waals surface area contributed by atoms with Gasteiger partial charge in [0, 0.05) is 12.5 Å². The molecule has 1 aliphatic rings. The van der Waals surface area contributed by atoms with Crippen LogP contribution >= 0.6 is 0 Å². The predicted octanol–water partition coefficient (Wildman–Crippen LogP) is 2.71. The Bertz CT molecular complexity index is 448. The lowest BCUT2D eigenvalue weighted by atomic mass is 9.95. The third kappa shape index (κ3) is 2.74. The molecule has 0 amide bonds. The number of imidazole rings is 1. The molecule has 106 valence electrons. The smallest absolute Gasteiger partial charge is 0.360 e. The number of hydrogen-bond donors (Lipinski definition) is 1. The second-order valence-electron chi connectivity index (χ2n) is 5.00. The molecule has 1 aromatic heterocycles. The van der Waals surface area contributed by atoms with E-state index in [9.17, 15) is 4.79 Å². The van der Waals surface area contributed by atoms with Crippen molar-refractivity contribution >= 4 is 11.8 Å². The first-order valence-electron chi connectivity index (χ1n) is 7.22. The van der Waals surface area contributed by atoms with Gasteiger partial charge in [-0.1, -0.05) is 26.2 Å². The largest absolute Gasteiger partial charge is 0.461 e. The molecule has 0 unspecified atom stereocenters. The number of aryl methyl sites for hydroxylation is 1. The van der Waals surface area contributed by atoms with Crippen LogP contribution in [0.4, 0.5) is 5.82 Å². The average molecular weight is 265 g/mol. The number of rotatable bonds is 4. The zero-order valence-corrected chi connectivity index (χ0v) is 11.8. The van der Waals surface area contributed by atoms with Crippen molar-refractivity contribution in [2.75, 3.05) is 12.3 Å². The molecular formula is C14H23N3O2. The number of nitrogens with two attached hydrogens (primary N) is 1. The van der Waals surface area contributed by atoms with Gasteiger partial charge in [0.1, 0.15) is 11.6 Å². The Balaban J connectivity index is 2.33. The molecule has 0 aliphatic heterocycles. The van der Waals surface area contributed by atoms with Gasteiger partial charge in [-0.3, -0.25) is 0 Å². The van der Waals surface area contributed by atoms with Crippen LogP contribution in [0, 0.1) is 0 Å². The molecule has 2 N–H and O–H groups in total. The number of ether oxygens (including phenoxy) is 1. The Morgan fingerprint density at radius 3 is 2.63 bits per heavy atom. The van der Waals surface area contributed by atoms with Crippen molar-refractivity contribution < 1.29 is 9.53 Å². The zero-order valence-electron chi connectivity index (χ0n) is 11.8. The molecule has 0 saturated heterocycles. The second-order valence-corrected chi connectivity index (χ2v) is 5.00. The fourth-order valence-corrected chi connectivity index (χ4v) is 2.84. The van der Waals surface area contributed by atoms with Crippen molar-refractivity contribution in [2.45, 2.75) is 58.4 Å². The van der Waals surface area contributed by atoms with E-state index in [1.165, 1.54) is 19.3 Å². The van der Waals surface area contributed by atoms with Crippen molar-refractivity contribution in [3.8, 4) is 0 Å². The molecule has 2 rings (SSSR count). The van der Waals surface area contributed by atoms with Gasteiger partial charge < -0.3 is 15.0 Å². The van der Waals surface area contributed by atoms with E-state index in [-0.39, 0.29) is 5.69 Å². The number of aromatic nitrogens is 2. The Morgan fingerprint density at radius 2 is 2.05 bits per heavy atom. The molecule has 1 fully saturated rings. The quantitative estimate of drug-likeness (QED) is 0.850. The van der Waals surface area contributed by atoms with Crippen LogP contribution in [0.25, 0.3) is 0 Å². The van der Waals surface area contributed by atoms with Crippen LogP contribution in [0.15, 0.2) is 0 Å². The topological polar surface area (TPSA) is 70.1 Å². The highest BCUT2D eigenvalue weighted by atomic mass is 16.5. The highest BCUT2D eigenvalue weighted by Gasteiger charge is 2.26. The van der Waals surface area contributed by atoms with Crippen molar-refractivity contribution in [1.82, 2.24) is 9.55 Å². The lowest BCUT2D eigenvalue weighted by Gasteiger charge is -2.25. The van der Waals surface area contributed by atoms with E-state index in [2.05, 4.69) is 9.55 Å². The van der Waals surface area contributed by atoms with E-state index >= 15 is 0 Å². The average Bonchev–Trinajstić information content (AvgIpc) is 2.77. The molecule has 0 bridgehead atoms. The number of esters is 1. The Kier molecular flexibility index (Phi) is 4.45. The molecule has 1 aliphatic carbocycles. The third-order valence-corrected chi connectivity index (χ3v) is 3.75. The van der Waals surface area contributed by atoms with Gasteiger partial charge in [-0.2, -0.15) is 0 Å². The number of carbonyl (C=O) groups is 1.